The number of hydrogen-bond donors (Lipinski definition) is 2. The third-order valence-corrected chi connectivity index (χ3v) is 6.79. The molecule has 0 saturated carbocycles. The van der Waals surface area contributed by atoms with E-state index in [0.29, 0.717) is 6.04 Å². The largest absolute Gasteiger partial charge is 0.385 e. The van der Waals surface area contributed by atoms with Crippen molar-refractivity contribution in [3.05, 3.63) is 34.9 Å². The number of ether oxygens (including phenoxy) is 2. The number of likely N-dealkylation sites (tertiary alicyclic amines) is 1. The maximum Gasteiger partial charge on any atom is 0.191 e. The summed E-state index contributed by atoms with van der Waals surface area (Å²) in [6.45, 7) is 6.54. The molecule has 0 aromatic heterocycles. The van der Waals surface area contributed by atoms with Gasteiger partial charge in [0.05, 0.1) is 0 Å². The molecule has 3 rings (SSSR count). The van der Waals surface area contributed by atoms with Gasteiger partial charge in [0, 0.05) is 76.6 Å². The van der Waals surface area contributed by atoms with Crippen LogP contribution in [0, 0.1) is 0 Å². The molecule has 2 aliphatic heterocycles. The first kappa shape index (κ1) is 26.6. The number of guanidine groups is 1. The first-order valence-corrected chi connectivity index (χ1v) is 11.6. The predicted molar refractivity (Wildman–Crippen MR) is 139 cm³/mol. The minimum absolute atomic E-state index is 0. The Hall–Kier alpha value is -0.610. The average Bonchev–Trinajstić information content (AvgIpc) is 2.79. The van der Waals surface area contributed by atoms with Crippen LogP contribution in [0.2, 0.25) is 5.02 Å². The first-order chi connectivity index (χ1) is 14.7. The number of halogens is 2. The third-order valence-electron chi connectivity index (χ3n) is 6.46. The van der Waals surface area contributed by atoms with E-state index >= 15 is 0 Å². The average molecular weight is 565 g/mol. The number of benzene rings is 1. The van der Waals surface area contributed by atoms with Crippen molar-refractivity contribution in [1.82, 2.24) is 15.5 Å². The summed E-state index contributed by atoms with van der Waals surface area (Å²) in [5.74, 6) is 0.880. The molecule has 2 N–H and O–H groups in total. The molecule has 2 heterocycles. The number of piperidine rings is 1. The Morgan fingerprint density at radius 1 is 1.26 bits per heavy atom. The Kier molecular flexibility index (Phi) is 11.9. The molecule has 2 fully saturated rings. The highest BCUT2D eigenvalue weighted by molar-refractivity contribution is 14.0. The van der Waals surface area contributed by atoms with Crippen molar-refractivity contribution in [3.8, 4) is 0 Å². The van der Waals surface area contributed by atoms with E-state index in [1.807, 2.05) is 19.2 Å². The Bertz CT molecular complexity index is 677. The smallest absolute Gasteiger partial charge is 0.191 e. The summed E-state index contributed by atoms with van der Waals surface area (Å²) in [6, 6.07) is 8.67. The van der Waals surface area contributed by atoms with E-state index in [2.05, 4.69) is 32.7 Å². The highest BCUT2D eigenvalue weighted by Crippen LogP contribution is 2.38. The van der Waals surface area contributed by atoms with Gasteiger partial charge in [-0.2, -0.15) is 0 Å². The number of hydrogen-bond acceptors (Lipinski definition) is 4. The fourth-order valence-corrected chi connectivity index (χ4v) is 4.91. The fourth-order valence-electron chi connectivity index (χ4n) is 4.57. The van der Waals surface area contributed by atoms with E-state index in [1.54, 1.807) is 7.11 Å². The van der Waals surface area contributed by atoms with Crippen molar-refractivity contribution in [2.75, 3.05) is 60.2 Å². The van der Waals surface area contributed by atoms with Crippen molar-refractivity contribution < 1.29 is 9.47 Å². The lowest BCUT2D eigenvalue weighted by Gasteiger charge is -2.39. The lowest BCUT2D eigenvalue weighted by molar-refractivity contribution is 0.0514. The summed E-state index contributed by atoms with van der Waals surface area (Å²) in [5.41, 5.74) is 1.18. The first-order valence-electron chi connectivity index (χ1n) is 11.2. The maximum absolute atomic E-state index is 6.58. The molecule has 8 heteroatoms. The molecular formula is C23H38ClIN4O2. The summed E-state index contributed by atoms with van der Waals surface area (Å²) in [7, 11) is 3.62. The highest BCUT2D eigenvalue weighted by atomic mass is 127. The number of rotatable bonds is 8. The van der Waals surface area contributed by atoms with Gasteiger partial charge >= 0.3 is 0 Å². The molecule has 0 atom stereocenters. The van der Waals surface area contributed by atoms with E-state index in [-0.39, 0.29) is 29.4 Å². The summed E-state index contributed by atoms with van der Waals surface area (Å²) in [5, 5.41) is 8.08. The monoisotopic (exact) mass is 564 g/mol. The van der Waals surface area contributed by atoms with E-state index in [0.717, 1.165) is 89.1 Å². The van der Waals surface area contributed by atoms with Crippen LogP contribution >= 0.6 is 35.6 Å². The van der Waals surface area contributed by atoms with Gasteiger partial charge in [0.1, 0.15) is 0 Å². The summed E-state index contributed by atoms with van der Waals surface area (Å²) >= 11 is 6.58. The lowest BCUT2D eigenvalue weighted by Crippen LogP contribution is -2.52. The van der Waals surface area contributed by atoms with Crippen LogP contribution < -0.4 is 10.6 Å². The fraction of sp³-hybridized carbons (Fsp3) is 0.696. The number of nitrogens with one attached hydrogen (secondary N) is 2. The van der Waals surface area contributed by atoms with Gasteiger partial charge in [-0.15, -0.1) is 24.0 Å². The van der Waals surface area contributed by atoms with Crippen LogP contribution in [0.5, 0.6) is 0 Å². The topological polar surface area (TPSA) is 58.1 Å². The van der Waals surface area contributed by atoms with E-state index < -0.39 is 0 Å². The van der Waals surface area contributed by atoms with Gasteiger partial charge in [-0.1, -0.05) is 29.8 Å². The third kappa shape index (κ3) is 7.74. The molecular weight excluding hydrogens is 527 g/mol. The Morgan fingerprint density at radius 2 is 1.97 bits per heavy atom. The van der Waals surface area contributed by atoms with Gasteiger partial charge < -0.3 is 25.0 Å². The zero-order valence-electron chi connectivity index (χ0n) is 18.9. The predicted octanol–water partition coefficient (Wildman–Crippen LogP) is 3.67. The molecule has 2 aliphatic rings. The zero-order valence-corrected chi connectivity index (χ0v) is 22.0. The van der Waals surface area contributed by atoms with Gasteiger partial charge in [0.2, 0.25) is 0 Å². The lowest BCUT2D eigenvalue weighted by atomic mass is 9.74. The van der Waals surface area contributed by atoms with Crippen LogP contribution in [0.3, 0.4) is 0 Å². The van der Waals surface area contributed by atoms with Crippen molar-refractivity contribution in [3.63, 3.8) is 0 Å². The van der Waals surface area contributed by atoms with Crippen LogP contribution in [-0.4, -0.2) is 77.1 Å². The van der Waals surface area contributed by atoms with Crippen molar-refractivity contribution in [2.24, 2.45) is 4.99 Å². The van der Waals surface area contributed by atoms with E-state index in [4.69, 9.17) is 21.1 Å². The molecule has 2 saturated heterocycles. The minimum Gasteiger partial charge on any atom is -0.385 e. The second-order valence-corrected chi connectivity index (χ2v) is 8.81. The molecule has 0 bridgehead atoms. The van der Waals surface area contributed by atoms with E-state index in [9.17, 15) is 0 Å². The molecule has 176 valence electrons. The molecule has 0 aliphatic carbocycles. The molecule has 6 nitrogen and oxygen atoms in total. The van der Waals surface area contributed by atoms with Crippen LogP contribution in [0.25, 0.3) is 0 Å². The molecule has 1 aromatic carbocycles. The quantitative estimate of drug-likeness (QED) is 0.218. The standard InChI is InChI=1S/C23H37ClN4O2.HI/c1-25-22(27-19-8-13-28(14-9-19)12-5-15-29-2)26-18-23(10-16-30-17-11-23)20-6-3-4-7-21(20)24;/h3-4,6-7,19H,5,8-18H2,1-2H3,(H2,25,26,27);1H. The number of methoxy groups -OCH3 is 1. The van der Waals surface area contributed by atoms with Gasteiger partial charge in [-0.25, -0.2) is 0 Å². The second-order valence-electron chi connectivity index (χ2n) is 8.40. The van der Waals surface area contributed by atoms with Crippen molar-refractivity contribution in [2.45, 2.75) is 43.6 Å². The summed E-state index contributed by atoms with van der Waals surface area (Å²) in [4.78, 5) is 7.02. The SMILES string of the molecule is CN=C(NCC1(c2ccccc2Cl)CCOCC1)NC1CCN(CCCOC)CC1.I. The Morgan fingerprint density at radius 3 is 2.61 bits per heavy atom. The Balaban J connectivity index is 0.00000341. The molecule has 31 heavy (non-hydrogen) atoms. The van der Waals surface area contributed by atoms with Crippen molar-refractivity contribution >= 4 is 41.5 Å². The van der Waals surface area contributed by atoms with Crippen LogP contribution in [0.15, 0.2) is 29.3 Å². The summed E-state index contributed by atoms with van der Waals surface area (Å²) < 4.78 is 10.8. The zero-order chi connectivity index (χ0) is 21.2. The van der Waals surface area contributed by atoms with Gasteiger partial charge in [0.25, 0.3) is 0 Å². The summed E-state index contributed by atoms with van der Waals surface area (Å²) in [6.07, 6.45) is 5.29. The number of nitrogens with zero attached hydrogens (tertiary/aromatic N) is 2. The molecule has 1 aromatic rings. The van der Waals surface area contributed by atoms with Crippen molar-refractivity contribution in [1.29, 1.82) is 0 Å². The molecule has 0 spiro atoms. The molecule has 0 amide bonds. The van der Waals surface area contributed by atoms with Crippen LogP contribution in [-0.2, 0) is 14.9 Å². The minimum atomic E-state index is -0.0288. The normalized spacial score (nSPS) is 20.2. The van der Waals surface area contributed by atoms with Gasteiger partial charge in [0.15, 0.2) is 5.96 Å². The van der Waals surface area contributed by atoms with Crippen LogP contribution in [0.4, 0.5) is 0 Å². The van der Waals surface area contributed by atoms with Crippen LogP contribution in [0.1, 0.15) is 37.7 Å². The highest BCUT2D eigenvalue weighted by Gasteiger charge is 2.36. The number of aliphatic imine (C=N–C) groups is 1. The second kappa shape index (κ2) is 13.8. The maximum atomic E-state index is 6.58. The van der Waals surface area contributed by atoms with Gasteiger partial charge in [-0.05, 0) is 43.7 Å². The molecule has 0 radical (unpaired) electrons. The van der Waals surface area contributed by atoms with Gasteiger partial charge in [-0.3, -0.25) is 4.99 Å². The molecule has 0 unspecified atom stereocenters. The van der Waals surface area contributed by atoms with E-state index in [1.165, 1.54) is 5.56 Å². The Labute approximate surface area is 209 Å².